The van der Waals surface area contributed by atoms with Gasteiger partial charge in [-0.2, -0.15) is 4.58 Å². The van der Waals surface area contributed by atoms with Gasteiger partial charge in [0.05, 0.1) is 15.5 Å². The standard InChI is InChI=1S/C34H42N2O5S/c1-6-35-28-15-11-10-14-26(28)33(2,3)30(35)16-8-7-9-17-31-34(4,5)27-24-25(19-21-32(37)38)18-20-29(27)36(31)22-12-13-23-42(39,40)41/h7-11,14-18,20,24H,6,12-13,19,21-23H2,1-5H3,(H-,37,38,39,40,41). The number of benzene rings is 2. The number of para-hydroxylation sites is 1. The van der Waals surface area contributed by atoms with Gasteiger partial charge < -0.3 is 14.6 Å². The predicted molar refractivity (Wildman–Crippen MR) is 168 cm³/mol. The molecule has 224 valence electrons. The molecule has 42 heavy (non-hydrogen) atoms. The van der Waals surface area contributed by atoms with E-state index in [9.17, 15) is 17.8 Å². The highest BCUT2D eigenvalue weighted by Gasteiger charge is 2.44. The number of likely N-dealkylation sites (N-methyl/N-ethyl adjacent to an activating group) is 1. The van der Waals surface area contributed by atoms with E-state index in [1.54, 1.807) is 0 Å². The average molecular weight is 591 g/mol. The first-order chi connectivity index (χ1) is 19.8. The van der Waals surface area contributed by atoms with E-state index in [-0.39, 0.29) is 23.0 Å². The van der Waals surface area contributed by atoms with Crippen LogP contribution in [0, 0.1) is 0 Å². The third-order valence-electron chi connectivity index (χ3n) is 8.46. The van der Waals surface area contributed by atoms with Crippen molar-refractivity contribution in [2.75, 3.05) is 23.7 Å². The molecular formula is C34H42N2O5S. The SMILES string of the molecule is CCN1/C(=C/C=C/C=C/C2=[N+](CCCCS(=O)(=O)[O-])c3ccc(CCC(=O)O)cc3C2(C)C)C(C)(C)c2ccccc21. The predicted octanol–water partition coefficient (Wildman–Crippen LogP) is 6.22. The third kappa shape index (κ3) is 6.60. The van der Waals surface area contributed by atoms with Crippen molar-refractivity contribution in [3.63, 3.8) is 0 Å². The Hall–Kier alpha value is -3.49. The van der Waals surface area contributed by atoms with Crippen LogP contribution >= 0.6 is 0 Å². The summed E-state index contributed by atoms with van der Waals surface area (Å²) in [6.07, 6.45) is 11.8. The Morgan fingerprint density at radius 3 is 2.43 bits per heavy atom. The van der Waals surface area contributed by atoms with Gasteiger partial charge in [0.15, 0.2) is 5.71 Å². The number of nitrogens with zero attached hydrogens (tertiary/aromatic N) is 2. The number of hydrogen-bond acceptors (Lipinski definition) is 5. The highest BCUT2D eigenvalue weighted by molar-refractivity contribution is 7.85. The van der Waals surface area contributed by atoms with Crippen LogP contribution in [0.5, 0.6) is 0 Å². The van der Waals surface area contributed by atoms with E-state index in [0.717, 1.165) is 29.1 Å². The summed E-state index contributed by atoms with van der Waals surface area (Å²) in [7, 11) is -4.25. The lowest BCUT2D eigenvalue weighted by atomic mass is 9.80. The van der Waals surface area contributed by atoms with Gasteiger partial charge in [-0.1, -0.05) is 56.3 Å². The van der Waals surface area contributed by atoms with E-state index in [2.05, 4.69) is 92.7 Å². The van der Waals surface area contributed by atoms with Crippen molar-refractivity contribution < 1.29 is 27.4 Å². The van der Waals surface area contributed by atoms with Crippen molar-refractivity contribution in [2.45, 2.75) is 71.1 Å². The van der Waals surface area contributed by atoms with Gasteiger partial charge in [-0.15, -0.1) is 0 Å². The normalized spacial score (nSPS) is 18.4. The smallest absolute Gasteiger partial charge is 0.303 e. The number of unbranched alkanes of at least 4 members (excludes halogenated alkanes) is 1. The summed E-state index contributed by atoms with van der Waals surface area (Å²) < 4.78 is 35.6. The van der Waals surface area contributed by atoms with Crippen molar-refractivity contribution in [2.24, 2.45) is 0 Å². The summed E-state index contributed by atoms with van der Waals surface area (Å²) in [5, 5.41) is 9.15. The summed E-state index contributed by atoms with van der Waals surface area (Å²) in [6.45, 7) is 12.4. The monoisotopic (exact) mass is 590 g/mol. The summed E-state index contributed by atoms with van der Waals surface area (Å²) in [5.74, 6) is -1.20. The minimum atomic E-state index is -4.25. The van der Waals surface area contributed by atoms with Gasteiger partial charge in [0.1, 0.15) is 6.54 Å². The Morgan fingerprint density at radius 1 is 1.00 bits per heavy atom. The Bertz CT molecular complexity index is 1580. The number of rotatable bonds is 12. The molecule has 0 fully saturated rings. The highest BCUT2D eigenvalue weighted by atomic mass is 32.2. The number of hydrogen-bond donors (Lipinski definition) is 1. The molecular weight excluding hydrogens is 548 g/mol. The maximum Gasteiger partial charge on any atom is 0.303 e. The topological polar surface area (TPSA) is 101 Å². The van der Waals surface area contributed by atoms with Crippen LogP contribution in [0.3, 0.4) is 0 Å². The van der Waals surface area contributed by atoms with Gasteiger partial charge in [0.25, 0.3) is 0 Å². The van der Waals surface area contributed by atoms with Gasteiger partial charge in [-0.3, -0.25) is 4.79 Å². The fraction of sp³-hybridized carbons (Fsp3) is 0.412. The number of carbonyl (C=O) groups is 1. The number of carboxylic acid groups (broad SMARTS) is 1. The lowest BCUT2D eigenvalue weighted by Crippen LogP contribution is -2.28. The number of aryl methyl sites for hydroxylation is 1. The zero-order chi connectivity index (χ0) is 30.7. The van der Waals surface area contributed by atoms with E-state index in [1.807, 2.05) is 24.3 Å². The lowest BCUT2D eigenvalue weighted by Gasteiger charge is -2.25. The minimum Gasteiger partial charge on any atom is -0.748 e. The molecule has 0 amide bonds. The molecule has 2 aliphatic heterocycles. The molecule has 4 rings (SSSR count). The number of allylic oxidation sites excluding steroid dienone is 6. The zero-order valence-corrected chi connectivity index (χ0v) is 26.1. The van der Waals surface area contributed by atoms with Crippen LogP contribution in [0.1, 0.15) is 70.6 Å². The van der Waals surface area contributed by atoms with Crippen molar-refractivity contribution in [1.82, 2.24) is 0 Å². The molecule has 0 spiro atoms. The van der Waals surface area contributed by atoms with Crippen molar-refractivity contribution >= 4 is 33.2 Å². The Morgan fingerprint density at radius 2 is 1.74 bits per heavy atom. The molecule has 0 aromatic heterocycles. The lowest BCUT2D eigenvalue weighted by molar-refractivity contribution is -0.438. The third-order valence-corrected chi connectivity index (χ3v) is 9.24. The second-order valence-corrected chi connectivity index (χ2v) is 13.6. The van der Waals surface area contributed by atoms with Gasteiger partial charge in [-0.05, 0) is 62.9 Å². The van der Waals surface area contributed by atoms with Crippen LogP contribution < -0.4 is 4.90 Å². The number of carboxylic acids is 1. The molecule has 1 N–H and O–H groups in total. The molecule has 0 saturated heterocycles. The Labute approximate surface area is 250 Å². The molecule has 8 heteroatoms. The van der Waals surface area contributed by atoms with Crippen LogP contribution in [0.4, 0.5) is 11.4 Å². The molecule has 0 bridgehead atoms. The Balaban J connectivity index is 1.61. The summed E-state index contributed by atoms with van der Waals surface area (Å²) in [6, 6.07) is 14.6. The molecule has 0 atom stereocenters. The Kier molecular flexibility index (Phi) is 9.28. The van der Waals surface area contributed by atoms with Crippen LogP contribution in [0.2, 0.25) is 0 Å². The quantitative estimate of drug-likeness (QED) is 0.136. The number of anilines is 1. The second kappa shape index (κ2) is 12.4. The summed E-state index contributed by atoms with van der Waals surface area (Å²) in [4.78, 5) is 13.5. The molecule has 0 saturated carbocycles. The van der Waals surface area contributed by atoms with Gasteiger partial charge in [-0.25, -0.2) is 8.42 Å². The largest absolute Gasteiger partial charge is 0.748 e. The molecule has 2 aromatic carbocycles. The molecule has 0 aliphatic carbocycles. The van der Waals surface area contributed by atoms with E-state index in [4.69, 9.17) is 5.11 Å². The van der Waals surface area contributed by atoms with E-state index in [0.29, 0.717) is 25.8 Å². The van der Waals surface area contributed by atoms with Gasteiger partial charge in [0, 0.05) is 59.6 Å². The highest BCUT2D eigenvalue weighted by Crippen LogP contribution is 2.47. The zero-order valence-electron chi connectivity index (χ0n) is 25.3. The number of aliphatic carboxylic acids is 1. The van der Waals surface area contributed by atoms with Gasteiger partial charge in [0.2, 0.25) is 5.69 Å². The van der Waals surface area contributed by atoms with Crippen molar-refractivity contribution in [1.29, 1.82) is 0 Å². The molecule has 2 aromatic rings. The van der Waals surface area contributed by atoms with Crippen LogP contribution in [0.25, 0.3) is 0 Å². The fourth-order valence-electron chi connectivity index (χ4n) is 6.26. The minimum absolute atomic E-state index is 0.0702. The van der Waals surface area contributed by atoms with E-state index in [1.165, 1.54) is 16.9 Å². The maximum atomic E-state index is 11.1. The summed E-state index contributed by atoms with van der Waals surface area (Å²) >= 11 is 0. The van der Waals surface area contributed by atoms with E-state index < -0.39 is 16.1 Å². The van der Waals surface area contributed by atoms with Crippen LogP contribution in [-0.4, -0.2) is 53.2 Å². The van der Waals surface area contributed by atoms with Gasteiger partial charge >= 0.3 is 5.97 Å². The molecule has 0 unspecified atom stereocenters. The van der Waals surface area contributed by atoms with Crippen LogP contribution in [0.15, 0.2) is 78.5 Å². The van der Waals surface area contributed by atoms with Crippen molar-refractivity contribution in [3.8, 4) is 0 Å². The van der Waals surface area contributed by atoms with Crippen LogP contribution in [-0.2, 0) is 32.2 Å². The van der Waals surface area contributed by atoms with E-state index >= 15 is 0 Å². The average Bonchev–Trinajstić information content (AvgIpc) is 3.27. The fourth-order valence-corrected chi connectivity index (χ4v) is 6.82. The molecule has 0 radical (unpaired) electrons. The molecule has 2 aliphatic rings. The number of fused-ring (bicyclic) bond motifs is 2. The maximum absolute atomic E-state index is 11.1. The first-order valence-corrected chi connectivity index (χ1v) is 16.2. The molecule has 2 heterocycles. The first-order valence-electron chi connectivity index (χ1n) is 14.6. The summed E-state index contributed by atoms with van der Waals surface area (Å²) in [5.41, 5.74) is 7.55. The second-order valence-electron chi connectivity index (χ2n) is 12.1. The molecule has 7 nitrogen and oxygen atoms in total. The van der Waals surface area contributed by atoms with Crippen molar-refractivity contribution in [3.05, 3.63) is 95.2 Å². The first kappa shape index (κ1) is 31.4.